The molecule has 0 saturated heterocycles. The predicted octanol–water partition coefficient (Wildman–Crippen LogP) is 3.40. The molecule has 2 rings (SSSR count). The minimum Gasteiger partial charge on any atom is -0.380 e. The van der Waals surface area contributed by atoms with E-state index in [0.29, 0.717) is 0 Å². The van der Waals surface area contributed by atoms with Crippen molar-refractivity contribution in [3.05, 3.63) is 35.0 Å². The monoisotopic (exact) mass is 274 g/mol. The molecule has 2 aromatic rings. The Morgan fingerprint density at radius 2 is 2.05 bits per heavy atom. The molecule has 3 heteroatoms. The average Bonchev–Trinajstić information content (AvgIpc) is 2.70. The van der Waals surface area contributed by atoms with Crippen LogP contribution in [0.1, 0.15) is 30.7 Å². The summed E-state index contributed by atoms with van der Waals surface area (Å²) >= 11 is 0. The van der Waals surface area contributed by atoms with Gasteiger partial charge in [-0.25, -0.2) is 0 Å². The van der Waals surface area contributed by atoms with Crippen LogP contribution < -0.4 is 5.32 Å². The number of hydrogen-bond donors (Lipinski definition) is 1. The largest absolute Gasteiger partial charge is 0.380 e. The Bertz CT molecular complexity index is 586. The van der Waals surface area contributed by atoms with E-state index in [9.17, 15) is 0 Å². The highest BCUT2D eigenvalue weighted by atomic mass is 16.5. The van der Waals surface area contributed by atoms with E-state index in [4.69, 9.17) is 4.74 Å². The Morgan fingerprint density at radius 3 is 2.70 bits per heavy atom. The Kier molecular flexibility index (Phi) is 4.84. The summed E-state index contributed by atoms with van der Waals surface area (Å²) in [4.78, 5) is 0. The van der Waals surface area contributed by atoms with E-state index >= 15 is 0 Å². The number of hydrogen-bond acceptors (Lipinski definition) is 2. The van der Waals surface area contributed by atoms with E-state index in [-0.39, 0.29) is 6.10 Å². The second-order valence-corrected chi connectivity index (χ2v) is 5.50. The minimum atomic E-state index is 0.227. The fourth-order valence-corrected chi connectivity index (χ4v) is 2.64. The normalized spacial score (nSPS) is 13.1. The minimum absolute atomic E-state index is 0.227. The summed E-state index contributed by atoms with van der Waals surface area (Å²) in [7, 11) is 1.77. The molecule has 1 N–H and O–H groups in total. The van der Waals surface area contributed by atoms with E-state index in [1.807, 2.05) is 0 Å². The van der Waals surface area contributed by atoms with Gasteiger partial charge in [0.2, 0.25) is 0 Å². The van der Waals surface area contributed by atoms with Gasteiger partial charge in [-0.3, -0.25) is 0 Å². The molecule has 1 atom stereocenters. The highest BCUT2D eigenvalue weighted by molar-refractivity contribution is 5.86. The van der Waals surface area contributed by atoms with Gasteiger partial charge in [-0.2, -0.15) is 0 Å². The molecule has 0 bridgehead atoms. The quantitative estimate of drug-likeness (QED) is 0.873. The predicted molar refractivity (Wildman–Crippen MR) is 85.3 cm³/mol. The van der Waals surface area contributed by atoms with Gasteiger partial charge in [0.25, 0.3) is 0 Å². The van der Waals surface area contributed by atoms with Crippen molar-refractivity contribution in [3.63, 3.8) is 0 Å². The Morgan fingerprint density at radius 1 is 1.30 bits per heavy atom. The maximum Gasteiger partial charge on any atom is 0.0722 e. The van der Waals surface area contributed by atoms with Crippen molar-refractivity contribution in [2.24, 2.45) is 0 Å². The number of aromatic nitrogens is 1. The second kappa shape index (κ2) is 6.42. The van der Waals surface area contributed by atoms with Gasteiger partial charge < -0.3 is 14.6 Å². The number of rotatable bonds is 6. The van der Waals surface area contributed by atoms with Crippen molar-refractivity contribution in [3.8, 4) is 0 Å². The first kappa shape index (κ1) is 15.1. The number of ether oxygens (including phenoxy) is 1. The van der Waals surface area contributed by atoms with Crippen LogP contribution in [0.4, 0.5) is 0 Å². The van der Waals surface area contributed by atoms with Crippen LogP contribution in [0.25, 0.3) is 10.9 Å². The zero-order chi connectivity index (χ0) is 14.7. The maximum absolute atomic E-state index is 5.41. The highest BCUT2D eigenvalue weighted by Gasteiger charge is 2.13. The molecule has 0 fully saturated rings. The molecule has 0 aliphatic heterocycles. The molecule has 3 nitrogen and oxygen atoms in total. The molecule has 0 radical (unpaired) electrons. The Labute approximate surface area is 121 Å². The van der Waals surface area contributed by atoms with Crippen LogP contribution in [0.3, 0.4) is 0 Å². The molecular formula is C17H26N2O. The van der Waals surface area contributed by atoms with Gasteiger partial charge >= 0.3 is 0 Å². The lowest BCUT2D eigenvalue weighted by molar-refractivity contribution is 0.104. The molecular weight excluding hydrogens is 248 g/mol. The molecule has 0 aliphatic rings. The lowest BCUT2D eigenvalue weighted by atomic mass is 10.1. The summed E-state index contributed by atoms with van der Waals surface area (Å²) in [5.74, 6) is 0. The van der Waals surface area contributed by atoms with Crippen LogP contribution in [0.2, 0.25) is 0 Å². The number of benzene rings is 1. The first-order valence-corrected chi connectivity index (χ1v) is 7.40. The SMILES string of the molecule is CCNCc1ccc2c(c1)c(C)c(C)n2CC(C)OC. The molecule has 1 aromatic carbocycles. The van der Waals surface area contributed by atoms with Gasteiger partial charge in [0.1, 0.15) is 0 Å². The van der Waals surface area contributed by atoms with Crippen molar-refractivity contribution in [1.82, 2.24) is 9.88 Å². The summed E-state index contributed by atoms with van der Waals surface area (Å²) in [5.41, 5.74) is 5.37. The average molecular weight is 274 g/mol. The van der Waals surface area contributed by atoms with Gasteiger partial charge in [-0.05, 0) is 50.6 Å². The van der Waals surface area contributed by atoms with E-state index in [1.165, 1.54) is 27.7 Å². The number of methoxy groups -OCH3 is 1. The molecule has 0 spiro atoms. The molecule has 110 valence electrons. The van der Waals surface area contributed by atoms with Crippen molar-refractivity contribution < 1.29 is 4.74 Å². The van der Waals surface area contributed by atoms with Crippen LogP contribution in [0.5, 0.6) is 0 Å². The molecule has 1 heterocycles. The summed E-state index contributed by atoms with van der Waals surface area (Å²) in [5, 5.41) is 4.75. The smallest absolute Gasteiger partial charge is 0.0722 e. The number of nitrogens with one attached hydrogen (secondary N) is 1. The number of fused-ring (bicyclic) bond motifs is 1. The second-order valence-electron chi connectivity index (χ2n) is 5.50. The first-order chi connectivity index (χ1) is 9.58. The fraction of sp³-hybridized carbons (Fsp3) is 0.529. The van der Waals surface area contributed by atoms with E-state index in [2.05, 4.69) is 55.8 Å². The third kappa shape index (κ3) is 2.89. The summed E-state index contributed by atoms with van der Waals surface area (Å²) in [6.45, 7) is 11.5. The Balaban J connectivity index is 2.42. The topological polar surface area (TPSA) is 26.2 Å². The van der Waals surface area contributed by atoms with Gasteiger partial charge in [0.15, 0.2) is 0 Å². The van der Waals surface area contributed by atoms with Crippen molar-refractivity contribution in [2.75, 3.05) is 13.7 Å². The van der Waals surface area contributed by atoms with Crippen LogP contribution in [0.15, 0.2) is 18.2 Å². The summed E-state index contributed by atoms with van der Waals surface area (Å²) < 4.78 is 7.78. The van der Waals surface area contributed by atoms with Crippen molar-refractivity contribution in [2.45, 2.75) is 46.9 Å². The third-order valence-corrected chi connectivity index (χ3v) is 4.12. The Hall–Kier alpha value is -1.32. The molecule has 0 amide bonds. The highest BCUT2D eigenvalue weighted by Crippen LogP contribution is 2.26. The molecule has 1 unspecified atom stereocenters. The molecule has 1 aromatic heterocycles. The van der Waals surface area contributed by atoms with Gasteiger partial charge in [0, 0.05) is 36.8 Å². The van der Waals surface area contributed by atoms with E-state index < -0.39 is 0 Å². The van der Waals surface area contributed by atoms with Gasteiger partial charge in [-0.1, -0.05) is 13.0 Å². The first-order valence-electron chi connectivity index (χ1n) is 7.40. The third-order valence-electron chi connectivity index (χ3n) is 4.12. The number of nitrogens with zero attached hydrogens (tertiary/aromatic N) is 1. The van der Waals surface area contributed by atoms with Gasteiger partial charge in [0.05, 0.1) is 6.10 Å². The molecule has 20 heavy (non-hydrogen) atoms. The van der Waals surface area contributed by atoms with Crippen LogP contribution in [0, 0.1) is 13.8 Å². The van der Waals surface area contributed by atoms with E-state index in [0.717, 1.165) is 19.6 Å². The lowest BCUT2D eigenvalue weighted by Crippen LogP contribution is -2.15. The lowest BCUT2D eigenvalue weighted by Gasteiger charge is -2.14. The zero-order valence-corrected chi connectivity index (χ0v) is 13.3. The zero-order valence-electron chi connectivity index (χ0n) is 13.3. The van der Waals surface area contributed by atoms with Crippen molar-refractivity contribution >= 4 is 10.9 Å². The number of aryl methyl sites for hydroxylation is 1. The summed E-state index contributed by atoms with van der Waals surface area (Å²) in [6.07, 6.45) is 0.227. The fourth-order valence-electron chi connectivity index (χ4n) is 2.64. The van der Waals surface area contributed by atoms with Crippen LogP contribution >= 0.6 is 0 Å². The van der Waals surface area contributed by atoms with Crippen molar-refractivity contribution in [1.29, 1.82) is 0 Å². The van der Waals surface area contributed by atoms with Crippen LogP contribution in [-0.2, 0) is 17.8 Å². The van der Waals surface area contributed by atoms with E-state index in [1.54, 1.807) is 7.11 Å². The van der Waals surface area contributed by atoms with Gasteiger partial charge in [-0.15, -0.1) is 0 Å². The maximum atomic E-state index is 5.41. The standard InChI is InChI=1S/C17H26N2O/c1-6-18-10-15-7-8-17-16(9-15)13(3)14(4)19(17)11-12(2)20-5/h7-9,12,18H,6,10-11H2,1-5H3. The molecule has 0 saturated carbocycles. The summed E-state index contributed by atoms with van der Waals surface area (Å²) in [6, 6.07) is 6.77. The molecule has 0 aliphatic carbocycles. The van der Waals surface area contributed by atoms with Crippen LogP contribution in [-0.4, -0.2) is 24.3 Å².